The summed E-state index contributed by atoms with van der Waals surface area (Å²) in [6.07, 6.45) is -1.49. The summed E-state index contributed by atoms with van der Waals surface area (Å²) in [5.41, 5.74) is 1.18. The Morgan fingerprint density at radius 2 is 0.949 bits per heavy atom. The first-order valence-corrected chi connectivity index (χ1v) is 12.9. The van der Waals surface area contributed by atoms with E-state index < -0.39 is 12.2 Å². The monoisotopic (exact) mass is 564 g/mol. The molecule has 0 bridgehead atoms. The molecule has 2 unspecified atom stereocenters. The van der Waals surface area contributed by atoms with Crippen LogP contribution >= 0.6 is 23.2 Å². The van der Waals surface area contributed by atoms with Crippen molar-refractivity contribution in [3.8, 4) is 23.0 Å². The van der Waals surface area contributed by atoms with Crippen LogP contribution in [0.25, 0.3) is 0 Å². The molecular weight excluding hydrogens is 539 g/mol. The maximum atomic E-state index is 12.5. The lowest BCUT2D eigenvalue weighted by Gasteiger charge is -2.16. The molecule has 0 saturated carbocycles. The molecule has 0 radical (unpaired) electrons. The highest BCUT2D eigenvalue weighted by Gasteiger charge is 2.17. The zero-order valence-corrected chi connectivity index (χ0v) is 22.7. The van der Waals surface area contributed by atoms with Crippen LogP contribution in [0.4, 0.5) is 11.4 Å². The van der Waals surface area contributed by atoms with Gasteiger partial charge in [0.1, 0.15) is 23.0 Å². The number of rotatable bonds is 10. The maximum Gasteiger partial charge on any atom is 0.265 e. The Hall–Kier alpha value is -4.20. The summed E-state index contributed by atoms with van der Waals surface area (Å²) in [5, 5.41) is 6.48. The minimum atomic E-state index is -0.745. The summed E-state index contributed by atoms with van der Waals surface area (Å²) in [6.45, 7) is 3.30. The molecule has 4 aromatic carbocycles. The number of hydrogen-bond acceptors (Lipinski definition) is 5. The second-order valence-corrected chi connectivity index (χ2v) is 9.32. The third-order valence-electron chi connectivity index (χ3n) is 5.50. The molecule has 2 N–H and O–H groups in total. The van der Waals surface area contributed by atoms with E-state index in [2.05, 4.69) is 10.6 Å². The van der Waals surface area contributed by atoms with Gasteiger partial charge in [0.05, 0.1) is 10.0 Å². The Bertz CT molecular complexity index is 1320. The SMILES string of the molecule is CC(Oc1ccccc1Cl)C(=O)Nc1ccc(Oc2ccc(NC(=O)C(C)Oc3ccccc3Cl)cc2)cc1. The molecule has 0 fully saturated rings. The van der Waals surface area contributed by atoms with Gasteiger partial charge in [-0.2, -0.15) is 0 Å². The first-order valence-electron chi connectivity index (χ1n) is 12.1. The number of anilines is 2. The largest absolute Gasteiger partial charge is 0.479 e. The fourth-order valence-corrected chi connectivity index (χ4v) is 3.77. The highest BCUT2D eigenvalue weighted by molar-refractivity contribution is 6.32. The lowest BCUT2D eigenvalue weighted by Crippen LogP contribution is -2.30. The van der Waals surface area contributed by atoms with E-state index in [-0.39, 0.29) is 11.8 Å². The summed E-state index contributed by atoms with van der Waals surface area (Å²) < 4.78 is 17.2. The minimum Gasteiger partial charge on any atom is -0.479 e. The summed E-state index contributed by atoms with van der Waals surface area (Å²) >= 11 is 12.2. The third-order valence-corrected chi connectivity index (χ3v) is 6.12. The number of amides is 2. The van der Waals surface area contributed by atoms with Crippen molar-refractivity contribution in [1.29, 1.82) is 0 Å². The first kappa shape index (κ1) is 27.8. The van der Waals surface area contributed by atoms with Crippen molar-refractivity contribution in [3.63, 3.8) is 0 Å². The van der Waals surface area contributed by atoms with Gasteiger partial charge in [-0.25, -0.2) is 0 Å². The molecule has 7 nitrogen and oxygen atoms in total. The van der Waals surface area contributed by atoms with Gasteiger partial charge in [0.25, 0.3) is 11.8 Å². The van der Waals surface area contributed by atoms with Gasteiger partial charge in [-0.3, -0.25) is 9.59 Å². The Labute approximate surface area is 236 Å². The fraction of sp³-hybridized carbons (Fsp3) is 0.133. The molecule has 4 rings (SSSR count). The summed E-state index contributed by atoms with van der Waals surface area (Å²) in [5.74, 6) is 1.41. The van der Waals surface area contributed by atoms with Gasteiger partial charge in [0.15, 0.2) is 12.2 Å². The molecular formula is C30H26Cl2N2O5. The van der Waals surface area contributed by atoms with Crippen molar-refractivity contribution in [2.45, 2.75) is 26.1 Å². The Morgan fingerprint density at radius 3 is 1.31 bits per heavy atom. The molecule has 0 spiro atoms. The van der Waals surface area contributed by atoms with E-state index in [0.29, 0.717) is 44.4 Å². The second-order valence-electron chi connectivity index (χ2n) is 8.51. The van der Waals surface area contributed by atoms with Gasteiger partial charge in [-0.1, -0.05) is 47.5 Å². The van der Waals surface area contributed by atoms with Crippen LogP contribution in [-0.4, -0.2) is 24.0 Å². The number of hydrogen-bond donors (Lipinski definition) is 2. The van der Waals surface area contributed by atoms with Crippen molar-refractivity contribution in [2.75, 3.05) is 10.6 Å². The van der Waals surface area contributed by atoms with E-state index in [9.17, 15) is 9.59 Å². The van der Waals surface area contributed by atoms with Gasteiger partial charge in [0, 0.05) is 11.4 Å². The van der Waals surface area contributed by atoms with E-state index in [1.165, 1.54) is 0 Å². The molecule has 0 aliphatic carbocycles. The predicted octanol–water partition coefficient (Wildman–Crippen LogP) is 7.60. The zero-order chi connectivity index (χ0) is 27.8. The van der Waals surface area contributed by atoms with Gasteiger partial charge in [-0.05, 0) is 86.6 Å². The van der Waals surface area contributed by atoms with Crippen molar-refractivity contribution in [1.82, 2.24) is 0 Å². The van der Waals surface area contributed by atoms with E-state index in [4.69, 9.17) is 37.4 Å². The molecule has 2 amide bonds. The minimum absolute atomic E-state index is 0.312. The molecule has 0 aliphatic rings. The molecule has 0 heterocycles. The number of carbonyl (C=O) groups excluding carboxylic acids is 2. The van der Waals surface area contributed by atoms with Crippen LogP contribution in [0, 0.1) is 0 Å². The molecule has 4 aromatic rings. The van der Waals surface area contributed by atoms with Crippen LogP contribution < -0.4 is 24.8 Å². The van der Waals surface area contributed by atoms with Crippen molar-refractivity contribution in [2.24, 2.45) is 0 Å². The summed E-state index contributed by atoms with van der Waals surface area (Å²) in [7, 11) is 0. The van der Waals surface area contributed by atoms with Crippen LogP contribution in [-0.2, 0) is 9.59 Å². The van der Waals surface area contributed by atoms with Crippen LogP contribution in [0.15, 0.2) is 97.1 Å². The number of carbonyl (C=O) groups is 2. The van der Waals surface area contributed by atoms with Crippen LogP contribution in [0.1, 0.15) is 13.8 Å². The van der Waals surface area contributed by atoms with Crippen LogP contribution in [0.3, 0.4) is 0 Å². The summed E-state index contributed by atoms with van der Waals surface area (Å²) in [6, 6.07) is 27.8. The van der Waals surface area contributed by atoms with Crippen molar-refractivity contribution >= 4 is 46.4 Å². The topological polar surface area (TPSA) is 85.9 Å². The standard InChI is InChI=1S/C30H26Cl2N2O5/c1-19(37-27-9-5-3-7-25(27)31)29(35)33-21-11-15-23(16-12-21)39-24-17-13-22(14-18-24)34-30(36)20(2)38-28-10-6-4-8-26(28)32/h3-20H,1-2H3,(H,33,35)(H,34,36). The number of benzene rings is 4. The van der Waals surface area contributed by atoms with E-state index in [0.717, 1.165) is 0 Å². The Balaban J connectivity index is 1.27. The second kappa shape index (κ2) is 13.0. The normalized spacial score (nSPS) is 12.1. The average molecular weight is 565 g/mol. The van der Waals surface area contributed by atoms with Crippen LogP contribution in [0.2, 0.25) is 10.0 Å². The molecule has 2 atom stereocenters. The third kappa shape index (κ3) is 7.89. The summed E-state index contributed by atoms with van der Waals surface area (Å²) in [4.78, 5) is 25.0. The number of nitrogens with one attached hydrogen (secondary N) is 2. The van der Waals surface area contributed by atoms with E-state index >= 15 is 0 Å². The number of para-hydroxylation sites is 2. The van der Waals surface area contributed by atoms with Gasteiger partial charge in [0.2, 0.25) is 0 Å². The molecule has 9 heteroatoms. The van der Waals surface area contributed by atoms with Crippen LogP contribution in [0.5, 0.6) is 23.0 Å². The smallest absolute Gasteiger partial charge is 0.265 e. The van der Waals surface area contributed by atoms with Gasteiger partial charge in [-0.15, -0.1) is 0 Å². The Morgan fingerprint density at radius 1 is 0.590 bits per heavy atom. The molecule has 200 valence electrons. The van der Waals surface area contributed by atoms with E-state index in [1.807, 2.05) is 0 Å². The predicted molar refractivity (Wildman–Crippen MR) is 153 cm³/mol. The molecule has 39 heavy (non-hydrogen) atoms. The lowest BCUT2D eigenvalue weighted by molar-refractivity contribution is -0.122. The van der Waals surface area contributed by atoms with Gasteiger partial charge < -0.3 is 24.8 Å². The number of ether oxygens (including phenoxy) is 3. The maximum absolute atomic E-state index is 12.5. The fourth-order valence-electron chi connectivity index (χ4n) is 3.41. The zero-order valence-electron chi connectivity index (χ0n) is 21.2. The van der Waals surface area contributed by atoms with Gasteiger partial charge >= 0.3 is 0 Å². The quantitative estimate of drug-likeness (QED) is 0.207. The molecule has 0 saturated heterocycles. The highest BCUT2D eigenvalue weighted by atomic mass is 35.5. The Kier molecular flexibility index (Phi) is 9.31. The molecule has 0 aromatic heterocycles. The highest BCUT2D eigenvalue weighted by Crippen LogP contribution is 2.27. The lowest BCUT2D eigenvalue weighted by atomic mass is 10.2. The van der Waals surface area contributed by atoms with Crippen molar-refractivity contribution < 1.29 is 23.8 Å². The average Bonchev–Trinajstić information content (AvgIpc) is 2.93. The number of halogens is 2. The first-order chi connectivity index (χ1) is 18.8. The molecule has 0 aliphatic heterocycles. The van der Waals surface area contributed by atoms with Crippen molar-refractivity contribution in [3.05, 3.63) is 107 Å². The van der Waals surface area contributed by atoms with E-state index in [1.54, 1.807) is 111 Å².